The van der Waals surface area contributed by atoms with Crippen molar-refractivity contribution >= 4 is 21.7 Å². The minimum absolute atomic E-state index is 0.418. The zero-order chi connectivity index (χ0) is 12.3. The fourth-order valence-electron chi connectivity index (χ4n) is 1.21. The van der Waals surface area contributed by atoms with Gasteiger partial charge in [-0.2, -0.15) is 0 Å². The topological polar surface area (TPSA) is 83.5 Å². The second-order valence-corrected chi connectivity index (χ2v) is 5.30. The van der Waals surface area contributed by atoms with Gasteiger partial charge in [0.15, 0.2) is 5.75 Å². The molecule has 1 rings (SSSR count). The number of benzene rings is 1. The summed E-state index contributed by atoms with van der Waals surface area (Å²) < 4.78 is 25.0. The molecule has 2 N–H and O–H groups in total. The summed E-state index contributed by atoms with van der Waals surface area (Å²) in [4.78, 5) is 10.3. The number of aliphatic carboxylic acids is 1. The van der Waals surface area contributed by atoms with E-state index in [0.29, 0.717) is 5.69 Å². The van der Waals surface area contributed by atoms with Crippen molar-refractivity contribution in [2.24, 2.45) is 0 Å². The van der Waals surface area contributed by atoms with E-state index < -0.39 is 21.7 Å². The Hall–Kier alpha value is -1.56. The van der Waals surface area contributed by atoms with Gasteiger partial charge in [0.2, 0.25) is 10.0 Å². The predicted molar refractivity (Wildman–Crippen MR) is 61.0 cm³/mol. The molecule has 0 aliphatic heterocycles. The molecule has 6 heteroatoms. The van der Waals surface area contributed by atoms with E-state index in [0.717, 1.165) is 11.1 Å². The minimum atomic E-state index is -3.82. The van der Waals surface area contributed by atoms with Crippen LogP contribution in [-0.4, -0.2) is 25.2 Å². The molecule has 0 heterocycles. The van der Waals surface area contributed by atoms with Crippen molar-refractivity contribution in [3.8, 4) is 0 Å². The van der Waals surface area contributed by atoms with Crippen molar-refractivity contribution in [2.75, 3.05) is 10.5 Å². The zero-order valence-electron chi connectivity index (χ0n) is 9.02. The largest absolute Gasteiger partial charge is 0.480 e. The summed E-state index contributed by atoms with van der Waals surface area (Å²) in [5.74, 6) is -2.31. The average Bonchev–Trinajstić information content (AvgIpc) is 2.08. The number of anilines is 1. The number of nitrogens with one attached hydrogen (secondary N) is 1. The molecular formula is C10H13NO4S. The first-order chi connectivity index (χ1) is 7.30. The van der Waals surface area contributed by atoms with Gasteiger partial charge in [-0.25, -0.2) is 8.42 Å². The van der Waals surface area contributed by atoms with E-state index >= 15 is 0 Å². The zero-order valence-corrected chi connectivity index (χ0v) is 9.84. The van der Waals surface area contributed by atoms with Crippen LogP contribution in [0.5, 0.6) is 0 Å². The molecule has 0 radical (unpaired) electrons. The third kappa shape index (κ3) is 3.54. The van der Waals surface area contributed by atoms with Crippen molar-refractivity contribution in [1.29, 1.82) is 0 Å². The third-order valence-corrected chi connectivity index (χ3v) is 3.13. The number of sulfonamides is 1. The number of hydrogen-bond acceptors (Lipinski definition) is 3. The van der Waals surface area contributed by atoms with Gasteiger partial charge in [0.05, 0.1) is 5.69 Å². The maximum absolute atomic E-state index is 11.4. The Morgan fingerprint density at radius 2 is 2.00 bits per heavy atom. The van der Waals surface area contributed by atoms with Crippen molar-refractivity contribution in [3.63, 3.8) is 0 Å². The molecular weight excluding hydrogens is 230 g/mol. The van der Waals surface area contributed by atoms with Crippen LogP contribution in [0.1, 0.15) is 11.1 Å². The molecule has 0 bridgehead atoms. The van der Waals surface area contributed by atoms with Gasteiger partial charge in [0.1, 0.15) is 0 Å². The highest BCUT2D eigenvalue weighted by atomic mass is 32.2. The van der Waals surface area contributed by atoms with Gasteiger partial charge >= 0.3 is 5.97 Å². The lowest BCUT2D eigenvalue weighted by Gasteiger charge is -2.09. The number of carboxylic acids is 1. The first kappa shape index (κ1) is 12.5. The number of hydrogen-bond donors (Lipinski definition) is 2. The lowest BCUT2D eigenvalue weighted by Crippen LogP contribution is -2.22. The van der Waals surface area contributed by atoms with Gasteiger partial charge in [0.25, 0.3) is 0 Å². The number of carboxylic acid groups (broad SMARTS) is 1. The normalized spacial score (nSPS) is 11.1. The Labute approximate surface area is 94.2 Å². The van der Waals surface area contributed by atoms with Crippen LogP contribution >= 0.6 is 0 Å². The summed E-state index contributed by atoms with van der Waals surface area (Å²) in [6.07, 6.45) is 0. The molecule has 1 aromatic carbocycles. The Bertz CT molecular complexity index is 508. The quantitative estimate of drug-likeness (QED) is 0.830. The highest BCUT2D eigenvalue weighted by molar-refractivity contribution is 7.93. The van der Waals surface area contributed by atoms with Crippen LogP contribution in [-0.2, 0) is 14.8 Å². The molecule has 0 fully saturated rings. The second kappa shape index (κ2) is 4.52. The molecule has 0 aliphatic carbocycles. The van der Waals surface area contributed by atoms with Crippen LogP contribution < -0.4 is 4.72 Å². The molecule has 0 unspecified atom stereocenters. The standard InChI is InChI=1S/C10H13NO4S/c1-7-3-4-8(2)9(5-7)11-16(14,15)6-10(12)13/h3-5,11H,6H2,1-2H3,(H,12,13). The van der Waals surface area contributed by atoms with Gasteiger partial charge in [-0.3, -0.25) is 9.52 Å². The lowest BCUT2D eigenvalue weighted by atomic mass is 10.1. The van der Waals surface area contributed by atoms with E-state index in [1.165, 1.54) is 0 Å². The van der Waals surface area contributed by atoms with E-state index in [9.17, 15) is 13.2 Å². The third-order valence-electron chi connectivity index (χ3n) is 1.97. The fourth-order valence-corrected chi connectivity index (χ4v) is 2.16. The Kier molecular flexibility index (Phi) is 3.54. The van der Waals surface area contributed by atoms with E-state index in [1.807, 2.05) is 13.0 Å². The molecule has 0 spiro atoms. The smallest absolute Gasteiger partial charge is 0.320 e. The van der Waals surface area contributed by atoms with Gasteiger partial charge in [0, 0.05) is 0 Å². The molecule has 88 valence electrons. The van der Waals surface area contributed by atoms with E-state index in [4.69, 9.17) is 5.11 Å². The monoisotopic (exact) mass is 243 g/mol. The van der Waals surface area contributed by atoms with Gasteiger partial charge < -0.3 is 5.11 Å². The number of rotatable bonds is 4. The molecule has 0 amide bonds. The molecule has 0 saturated heterocycles. The second-order valence-electron chi connectivity index (χ2n) is 3.57. The summed E-state index contributed by atoms with van der Waals surface area (Å²) in [6, 6.07) is 5.28. The molecule has 0 saturated carbocycles. The predicted octanol–water partition coefficient (Wildman–Crippen LogP) is 1.13. The van der Waals surface area contributed by atoms with E-state index in [1.54, 1.807) is 19.1 Å². The maximum Gasteiger partial charge on any atom is 0.320 e. The first-order valence-electron chi connectivity index (χ1n) is 4.60. The van der Waals surface area contributed by atoms with Crippen LogP contribution in [0.2, 0.25) is 0 Å². The molecule has 0 atom stereocenters. The average molecular weight is 243 g/mol. The molecule has 0 aliphatic rings. The molecule has 0 aromatic heterocycles. The van der Waals surface area contributed by atoms with Crippen LogP contribution in [0.3, 0.4) is 0 Å². The number of carbonyl (C=O) groups is 1. The van der Waals surface area contributed by atoms with Crippen LogP contribution in [0, 0.1) is 13.8 Å². The lowest BCUT2D eigenvalue weighted by molar-refractivity contribution is -0.134. The highest BCUT2D eigenvalue weighted by Gasteiger charge is 2.16. The number of aryl methyl sites for hydroxylation is 2. The summed E-state index contributed by atoms with van der Waals surface area (Å²) >= 11 is 0. The molecule has 5 nitrogen and oxygen atoms in total. The molecule has 16 heavy (non-hydrogen) atoms. The Balaban J connectivity index is 2.96. The van der Waals surface area contributed by atoms with E-state index in [-0.39, 0.29) is 0 Å². The van der Waals surface area contributed by atoms with Crippen LogP contribution in [0.4, 0.5) is 5.69 Å². The summed E-state index contributed by atoms with van der Waals surface area (Å²) in [5.41, 5.74) is 2.07. The van der Waals surface area contributed by atoms with Crippen LogP contribution in [0.25, 0.3) is 0 Å². The van der Waals surface area contributed by atoms with Crippen LogP contribution in [0.15, 0.2) is 18.2 Å². The Morgan fingerprint density at radius 3 is 2.56 bits per heavy atom. The van der Waals surface area contributed by atoms with Crippen molar-refractivity contribution in [3.05, 3.63) is 29.3 Å². The fraction of sp³-hybridized carbons (Fsp3) is 0.300. The van der Waals surface area contributed by atoms with Crippen molar-refractivity contribution in [1.82, 2.24) is 0 Å². The summed E-state index contributed by atoms with van der Waals surface area (Å²) in [6.45, 7) is 3.58. The van der Waals surface area contributed by atoms with Gasteiger partial charge in [-0.1, -0.05) is 12.1 Å². The summed E-state index contributed by atoms with van der Waals surface area (Å²) in [7, 11) is -3.82. The first-order valence-corrected chi connectivity index (χ1v) is 6.25. The van der Waals surface area contributed by atoms with Gasteiger partial charge in [-0.05, 0) is 31.0 Å². The Morgan fingerprint density at radius 1 is 1.38 bits per heavy atom. The SMILES string of the molecule is Cc1ccc(C)c(NS(=O)(=O)CC(=O)O)c1. The highest BCUT2D eigenvalue weighted by Crippen LogP contribution is 2.17. The van der Waals surface area contributed by atoms with Crippen molar-refractivity contribution in [2.45, 2.75) is 13.8 Å². The van der Waals surface area contributed by atoms with Gasteiger partial charge in [-0.15, -0.1) is 0 Å². The minimum Gasteiger partial charge on any atom is -0.480 e. The molecule has 1 aromatic rings. The summed E-state index contributed by atoms with van der Waals surface area (Å²) in [5, 5.41) is 8.43. The van der Waals surface area contributed by atoms with E-state index in [2.05, 4.69) is 4.72 Å². The maximum atomic E-state index is 11.4. The van der Waals surface area contributed by atoms with Crippen molar-refractivity contribution < 1.29 is 18.3 Å².